The van der Waals surface area contributed by atoms with Gasteiger partial charge in [0.1, 0.15) is 6.61 Å². The zero-order valence-electron chi connectivity index (χ0n) is 17.5. The van der Waals surface area contributed by atoms with Crippen molar-refractivity contribution in [2.45, 2.75) is 13.5 Å². The fraction of sp³-hybridized carbons (Fsp3) is 0.125. The second-order valence-corrected chi connectivity index (χ2v) is 8.23. The van der Waals surface area contributed by atoms with Crippen LogP contribution in [0.2, 0.25) is 5.02 Å². The third kappa shape index (κ3) is 5.02. The van der Waals surface area contributed by atoms with Crippen LogP contribution in [-0.2, 0) is 6.61 Å². The molecule has 0 amide bonds. The van der Waals surface area contributed by atoms with Crippen molar-refractivity contribution in [2.75, 3.05) is 6.61 Å². The van der Waals surface area contributed by atoms with E-state index in [1.54, 1.807) is 42.5 Å². The number of halogens is 2. The molecule has 168 valence electrons. The summed E-state index contributed by atoms with van der Waals surface area (Å²) in [6.07, 6.45) is 1.41. The van der Waals surface area contributed by atoms with Gasteiger partial charge in [0.2, 0.25) is 0 Å². The number of nitrogens with one attached hydrogen (secondary N) is 1. The Kier molecular flexibility index (Phi) is 6.96. The molecule has 0 saturated heterocycles. The lowest BCUT2D eigenvalue weighted by molar-refractivity contribution is 0.269. The summed E-state index contributed by atoms with van der Waals surface area (Å²) in [6.45, 7) is 2.55. The number of H-pyrrole nitrogens is 1. The minimum absolute atomic E-state index is 0.265. The molecule has 33 heavy (non-hydrogen) atoms. The van der Waals surface area contributed by atoms with E-state index < -0.39 is 11.2 Å². The molecule has 0 aliphatic carbocycles. The Morgan fingerprint density at radius 1 is 1.06 bits per heavy atom. The van der Waals surface area contributed by atoms with E-state index in [1.165, 1.54) is 6.21 Å². The predicted octanol–water partition coefficient (Wildman–Crippen LogP) is 4.97. The van der Waals surface area contributed by atoms with Crippen LogP contribution < -0.4 is 20.7 Å². The standard InChI is InChI=1S/C24H19BrClN3O4/c1-2-32-21-11-16(18(25)12-22(21)33-14-15-7-3-5-9-19(15)26)13-27-29-23(30)17-8-4-6-10-20(17)28-24(29)31/h3-13H,2,14H2,1H3,(H,28,31). The van der Waals surface area contributed by atoms with Gasteiger partial charge in [0.15, 0.2) is 11.5 Å². The summed E-state index contributed by atoms with van der Waals surface area (Å²) in [5, 5.41) is 5.10. The van der Waals surface area contributed by atoms with Gasteiger partial charge in [0, 0.05) is 20.6 Å². The number of ether oxygens (including phenoxy) is 2. The van der Waals surface area contributed by atoms with Crippen molar-refractivity contribution in [3.05, 3.63) is 102 Å². The number of aromatic amines is 1. The number of benzene rings is 3. The molecule has 0 radical (unpaired) electrons. The van der Waals surface area contributed by atoms with Crippen LogP contribution in [0, 0.1) is 0 Å². The topological polar surface area (TPSA) is 85.7 Å². The summed E-state index contributed by atoms with van der Waals surface area (Å²) in [5.74, 6) is 1.01. The molecule has 7 nitrogen and oxygen atoms in total. The molecule has 0 spiro atoms. The lowest BCUT2D eigenvalue weighted by Gasteiger charge is -2.14. The van der Waals surface area contributed by atoms with Gasteiger partial charge in [-0.15, -0.1) is 4.68 Å². The highest BCUT2D eigenvalue weighted by atomic mass is 79.9. The first kappa shape index (κ1) is 22.8. The molecule has 9 heteroatoms. The van der Waals surface area contributed by atoms with Gasteiger partial charge in [0.05, 0.1) is 23.7 Å². The Balaban J connectivity index is 1.66. The van der Waals surface area contributed by atoms with Crippen molar-refractivity contribution in [3.63, 3.8) is 0 Å². The second kappa shape index (κ2) is 10.1. The van der Waals surface area contributed by atoms with E-state index in [4.69, 9.17) is 21.1 Å². The number of hydrogen-bond donors (Lipinski definition) is 1. The first-order valence-corrected chi connectivity index (χ1v) is 11.3. The number of rotatable bonds is 7. The molecule has 3 aromatic carbocycles. The van der Waals surface area contributed by atoms with Crippen molar-refractivity contribution in [3.8, 4) is 11.5 Å². The summed E-state index contributed by atoms with van der Waals surface area (Å²) < 4.78 is 13.1. The molecule has 4 rings (SSSR count). The van der Waals surface area contributed by atoms with Crippen LogP contribution in [0.25, 0.3) is 10.9 Å². The summed E-state index contributed by atoms with van der Waals surface area (Å²) >= 11 is 9.71. The fourth-order valence-electron chi connectivity index (χ4n) is 3.18. The van der Waals surface area contributed by atoms with Crippen LogP contribution in [0.3, 0.4) is 0 Å². The summed E-state index contributed by atoms with van der Waals surface area (Å²) in [6, 6.07) is 17.7. The van der Waals surface area contributed by atoms with Gasteiger partial charge in [-0.25, -0.2) is 4.79 Å². The molecule has 0 fully saturated rings. The Bertz CT molecular complexity index is 1460. The van der Waals surface area contributed by atoms with Gasteiger partial charge in [0.25, 0.3) is 5.56 Å². The maximum Gasteiger partial charge on any atom is 0.349 e. The van der Waals surface area contributed by atoms with Gasteiger partial charge >= 0.3 is 5.69 Å². The van der Waals surface area contributed by atoms with Crippen LogP contribution in [0.15, 0.2) is 79.8 Å². The van der Waals surface area contributed by atoms with Gasteiger partial charge in [-0.05, 0) is 53.2 Å². The zero-order valence-corrected chi connectivity index (χ0v) is 19.9. The highest BCUT2D eigenvalue weighted by Crippen LogP contribution is 2.34. The smallest absolute Gasteiger partial charge is 0.349 e. The number of hydrogen-bond acceptors (Lipinski definition) is 5. The number of fused-ring (bicyclic) bond motifs is 1. The van der Waals surface area contributed by atoms with Crippen molar-refractivity contribution in [2.24, 2.45) is 5.10 Å². The molecule has 0 saturated carbocycles. The monoisotopic (exact) mass is 527 g/mol. The molecule has 0 bridgehead atoms. The Labute approximate surface area is 202 Å². The molecule has 1 N–H and O–H groups in total. The normalized spacial score (nSPS) is 11.2. The van der Waals surface area contributed by atoms with Gasteiger partial charge in [-0.2, -0.15) is 5.10 Å². The second-order valence-electron chi connectivity index (χ2n) is 6.97. The van der Waals surface area contributed by atoms with Crippen LogP contribution in [0.1, 0.15) is 18.1 Å². The lowest BCUT2D eigenvalue weighted by Crippen LogP contribution is -2.32. The van der Waals surface area contributed by atoms with Crippen LogP contribution in [0.5, 0.6) is 11.5 Å². The maximum atomic E-state index is 12.7. The first-order valence-electron chi connectivity index (χ1n) is 10.1. The van der Waals surface area contributed by atoms with Crippen LogP contribution in [0.4, 0.5) is 0 Å². The quantitative estimate of drug-likeness (QED) is 0.343. The van der Waals surface area contributed by atoms with Gasteiger partial charge < -0.3 is 14.5 Å². The van der Waals surface area contributed by atoms with E-state index in [2.05, 4.69) is 26.0 Å². The zero-order chi connectivity index (χ0) is 23.4. The van der Waals surface area contributed by atoms with Gasteiger partial charge in [-0.1, -0.05) is 41.9 Å². The maximum absolute atomic E-state index is 12.7. The van der Waals surface area contributed by atoms with Crippen molar-refractivity contribution < 1.29 is 9.47 Å². The molecule has 0 aliphatic rings. The molecule has 0 aliphatic heterocycles. The number of nitrogens with zero attached hydrogens (tertiary/aromatic N) is 2. The largest absolute Gasteiger partial charge is 0.490 e. The minimum atomic E-state index is -0.629. The third-order valence-corrected chi connectivity index (χ3v) is 5.86. The molecule has 4 aromatic rings. The van der Waals surface area contributed by atoms with E-state index in [-0.39, 0.29) is 6.61 Å². The third-order valence-electron chi connectivity index (χ3n) is 4.80. The average molecular weight is 529 g/mol. The molecule has 1 heterocycles. The van der Waals surface area contributed by atoms with Crippen molar-refractivity contribution in [1.29, 1.82) is 0 Å². The SMILES string of the molecule is CCOc1cc(C=Nn2c(=O)[nH]c3ccccc3c2=O)c(Br)cc1OCc1ccccc1Cl. The molecule has 0 unspecified atom stereocenters. The van der Waals surface area contributed by atoms with Crippen LogP contribution >= 0.6 is 27.5 Å². The number of aromatic nitrogens is 2. The molecular weight excluding hydrogens is 510 g/mol. The summed E-state index contributed by atoms with van der Waals surface area (Å²) in [4.78, 5) is 27.7. The van der Waals surface area contributed by atoms with E-state index in [0.29, 0.717) is 44.1 Å². The Hall–Kier alpha value is -3.36. The average Bonchev–Trinajstić information content (AvgIpc) is 2.80. The molecule has 0 atom stereocenters. The Morgan fingerprint density at radius 2 is 1.79 bits per heavy atom. The highest BCUT2D eigenvalue weighted by molar-refractivity contribution is 9.10. The highest BCUT2D eigenvalue weighted by Gasteiger charge is 2.12. The first-order chi connectivity index (χ1) is 16.0. The predicted molar refractivity (Wildman–Crippen MR) is 133 cm³/mol. The summed E-state index contributed by atoms with van der Waals surface area (Å²) in [5.41, 5.74) is 0.766. The number of para-hydroxylation sites is 1. The fourth-order valence-corrected chi connectivity index (χ4v) is 3.79. The van der Waals surface area contributed by atoms with E-state index in [0.717, 1.165) is 10.2 Å². The Morgan fingerprint density at radius 3 is 2.58 bits per heavy atom. The van der Waals surface area contributed by atoms with Crippen molar-refractivity contribution in [1.82, 2.24) is 9.66 Å². The van der Waals surface area contributed by atoms with E-state index in [1.807, 2.05) is 25.1 Å². The van der Waals surface area contributed by atoms with Crippen molar-refractivity contribution >= 4 is 44.6 Å². The summed E-state index contributed by atoms with van der Waals surface area (Å²) in [7, 11) is 0. The van der Waals surface area contributed by atoms with Crippen LogP contribution in [-0.4, -0.2) is 22.5 Å². The minimum Gasteiger partial charge on any atom is -0.490 e. The molecule has 1 aromatic heterocycles. The molecular formula is C24H19BrClN3O4. The van der Waals surface area contributed by atoms with E-state index in [9.17, 15) is 9.59 Å². The lowest BCUT2D eigenvalue weighted by atomic mass is 10.2. The van der Waals surface area contributed by atoms with Gasteiger partial charge in [-0.3, -0.25) is 4.79 Å². The van der Waals surface area contributed by atoms with E-state index >= 15 is 0 Å².